The first-order chi connectivity index (χ1) is 13.1. The van der Waals surface area contributed by atoms with Gasteiger partial charge in [-0.25, -0.2) is 4.79 Å². The topological polar surface area (TPSA) is 122 Å². The summed E-state index contributed by atoms with van der Waals surface area (Å²) in [6.45, 7) is 4.74. The summed E-state index contributed by atoms with van der Waals surface area (Å²) in [5, 5.41) is 4.59. The number of fused-ring (bicyclic) bond motifs is 1. The third kappa shape index (κ3) is 5.63. The lowest BCUT2D eigenvalue weighted by atomic mass is 10.1. The summed E-state index contributed by atoms with van der Waals surface area (Å²) in [7, 11) is 0. The summed E-state index contributed by atoms with van der Waals surface area (Å²) in [5.74, 6) is -2.20. The van der Waals surface area contributed by atoms with E-state index in [4.69, 9.17) is 4.74 Å². The van der Waals surface area contributed by atoms with E-state index in [1.807, 2.05) is 0 Å². The molecule has 9 heteroatoms. The molecule has 9 nitrogen and oxygen atoms in total. The molecular weight excluding hydrogens is 366 g/mol. The van der Waals surface area contributed by atoms with Crippen molar-refractivity contribution in [1.82, 2.24) is 15.5 Å². The molecule has 0 aromatic heterocycles. The van der Waals surface area contributed by atoms with E-state index in [2.05, 4.69) is 10.6 Å². The van der Waals surface area contributed by atoms with Crippen LogP contribution < -0.4 is 10.6 Å². The highest BCUT2D eigenvalue weighted by atomic mass is 16.5. The number of ether oxygens (including phenoxy) is 1. The number of nitrogens with one attached hydrogen (secondary N) is 2. The molecule has 0 spiro atoms. The first-order valence-corrected chi connectivity index (χ1v) is 8.81. The van der Waals surface area contributed by atoms with Gasteiger partial charge >= 0.3 is 12.0 Å². The van der Waals surface area contributed by atoms with Crippen LogP contribution in [-0.2, 0) is 14.3 Å². The number of carbonyl (C=O) groups is 5. The Morgan fingerprint density at radius 3 is 2.14 bits per heavy atom. The molecule has 2 rings (SSSR count). The van der Waals surface area contributed by atoms with Crippen LogP contribution in [0.2, 0.25) is 0 Å². The molecule has 1 aliphatic heterocycles. The summed E-state index contributed by atoms with van der Waals surface area (Å²) < 4.78 is 4.80. The van der Waals surface area contributed by atoms with Gasteiger partial charge in [-0.05, 0) is 39.3 Å². The van der Waals surface area contributed by atoms with Crippen molar-refractivity contribution in [3.8, 4) is 0 Å². The molecular formula is C19H23N3O6. The summed E-state index contributed by atoms with van der Waals surface area (Å²) in [4.78, 5) is 60.3. The van der Waals surface area contributed by atoms with E-state index in [-0.39, 0.29) is 19.4 Å². The largest absolute Gasteiger partial charge is 0.456 e. The molecule has 0 saturated heterocycles. The second kappa shape index (κ2) is 8.64. The molecule has 0 radical (unpaired) electrons. The number of hydrogen-bond donors (Lipinski definition) is 2. The second-order valence-electron chi connectivity index (χ2n) is 7.32. The third-order valence-electron chi connectivity index (χ3n) is 3.75. The van der Waals surface area contributed by atoms with Crippen LogP contribution in [0, 0.1) is 0 Å². The summed E-state index contributed by atoms with van der Waals surface area (Å²) in [6, 6.07) is 5.84. The van der Waals surface area contributed by atoms with Crippen molar-refractivity contribution in [2.45, 2.75) is 39.2 Å². The highest BCUT2D eigenvalue weighted by Gasteiger charge is 2.34. The zero-order valence-corrected chi connectivity index (χ0v) is 16.0. The molecule has 0 saturated carbocycles. The van der Waals surface area contributed by atoms with Gasteiger partial charge < -0.3 is 10.1 Å². The van der Waals surface area contributed by atoms with Gasteiger partial charge in [-0.15, -0.1) is 0 Å². The maximum Gasteiger partial charge on any atom is 0.321 e. The molecule has 0 bridgehead atoms. The Bertz CT molecular complexity index is 777. The van der Waals surface area contributed by atoms with Gasteiger partial charge in [-0.3, -0.25) is 29.4 Å². The molecule has 0 atom stereocenters. The Hall–Kier alpha value is -3.23. The van der Waals surface area contributed by atoms with Crippen LogP contribution in [0.25, 0.3) is 0 Å². The Kier molecular flexibility index (Phi) is 6.50. The normalized spacial score (nSPS) is 13.2. The highest BCUT2D eigenvalue weighted by Crippen LogP contribution is 2.22. The lowest BCUT2D eigenvalue weighted by Crippen LogP contribution is -2.49. The number of rotatable bonds is 6. The van der Waals surface area contributed by atoms with Crippen LogP contribution in [0.5, 0.6) is 0 Å². The van der Waals surface area contributed by atoms with Gasteiger partial charge in [0.05, 0.1) is 11.1 Å². The van der Waals surface area contributed by atoms with Gasteiger partial charge in [-0.1, -0.05) is 12.1 Å². The van der Waals surface area contributed by atoms with Crippen LogP contribution >= 0.6 is 0 Å². The first-order valence-electron chi connectivity index (χ1n) is 8.81. The molecule has 5 amide bonds. The molecule has 0 aliphatic carbocycles. The molecule has 2 N–H and O–H groups in total. The van der Waals surface area contributed by atoms with Crippen LogP contribution in [0.4, 0.5) is 4.79 Å². The first kappa shape index (κ1) is 21.1. The van der Waals surface area contributed by atoms with E-state index in [0.29, 0.717) is 11.1 Å². The standard InChI is InChI=1S/C19H23N3O6/c1-19(2,3)21-18(27)20-14(23)11-28-15(24)9-6-10-22-16(25)12-7-4-5-8-13(12)17(22)26/h4-5,7-8H,6,9-11H2,1-3H3,(H2,20,21,23,27). The SMILES string of the molecule is CC(C)(C)NC(=O)NC(=O)COC(=O)CCCN1C(=O)c2ccccc2C1=O. The number of imide groups is 2. The molecule has 28 heavy (non-hydrogen) atoms. The number of esters is 1. The number of hydrogen-bond acceptors (Lipinski definition) is 6. The van der Waals surface area contributed by atoms with Gasteiger partial charge in [0.25, 0.3) is 17.7 Å². The van der Waals surface area contributed by atoms with E-state index in [9.17, 15) is 24.0 Å². The van der Waals surface area contributed by atoms with Crippen LogP contribution in [0.1, 0.15) is 54.3 Å². The van der Waals surface area contributed by atoms with Gasteiger partial charge in [-0.2, -0.15) is 0 Å². The van der Waals surface area contributed by atoms with Crippen molar-refractivity contribution >= 4 is 29.7 Å². The molecule has 1 aromatic rings. The Morgan fingerprint density at radius 1 is 1.04 bits per heavy atom. The van der Waals surface area contributed by atoms with Gasteiger partial charge in [0, 0.05) is 18.5 Å². The lowest BCUT2D eigenvalue weighted by Gasteiger charge is -2.20. The summed E-state index contributed by atoms with van der Waals surface area (Å²) >= 11 is 0. The Morgan fingerprint density at radius 2 is 1.61 bits per heavy atom. The van der Waals surface area contributed by atoms with Crippen molar-refractivity contribution < 1.29 is 28.7 Å². The van der Waals surface area contributed by atoms with Crippen molar-refractivity contribution in [3.63, 3.8) is 0 Å². The highest BCUT2D eigenvalue weighted by molar-refractivity contribution is 6.21. The molecule has 1 aromatic carbocycles. The zero-order chi connectivity index (χ0) is 20.9. The minimum atomic E-state index is -0.754. The van der Waals surface area contributed by atoms with Gasteiger partial charge in [0.2, 0.25) is 0 Å². The average Bonchev–Trinajstić information content (AvgIpc) is 2.83. The van der Waals surface area contributed by atoms with E-state index in [0.717, 1.165) is 4.90 Å². The maximum atomic E-state index is 12.2. The van der Waals surface area contributed by atoms with Crippen LogP contribution in [0.3, 0.4) is 0 Å². The summed E-state index contributed by atoms with van der Waals surface area (Å²) in [5.41, 5.74) is 0.186. The van der Waals surface area contributed by atoms with Crippen molar-refractivity contribution in [3.05, 3.63) is 35.4 Å². The van der Waals surface area contributed by atoms with E-state index in [1.165, 1.54) is 0 Å². The fourth-order valence-electron chi connectivity index (χ4n) is 2.58. The predicted molar refractivity (Wildman–Crippen MR) is 98.4 cm³/mol. The molecule has 0 fully saturated rings. The predicted octanol–water partition coefficient (Wildman–Crippen LogP) is 1.23. The molecule has 150 valence electrons. The molecule has 1 heterocycles. The quantitative estimate of drug-likeness (QED) is 0.557. The number of benzene rings is 1. The number of carbonyl (C=O) groups excluding carboxylic acids is 5. The molecule has 1 aliphatic rings. The third-order valence-corrected chi connectivity index (χ3v) is 3.75. The number of urea groups is 1. The van der Waals surface area contributed by atoms with E-state index >= 15 is 0 Å². The minimum Gasteiger partial charge on any atom is -0.456 e. The van der Waals surface area contributed by atoms with Crippen molar-refractivity contribution in [2.75, 3.05) is 13.2 Å². The minimum absolute atomic E-state index is 0.0711. The fraction of sp³-hybridized carbons (Fsp3) is 0.421. The monoisotopic (exact) mass is 389 g/mol. The fourth-order valence-corrected chi connectivity index (χ4v) is 2.58. The Balaban J connectivity index is 1.70. The maximum absolute atomic E-state index is 12.2. The number of amides is 5. The van der Waals surface area contributed by atoms with Crippen molar-refractivity contribution in [1.29, 1.82) is 0 Å². The Labute approximate surface area is 162 Å². The second-order valence-corrected chi connectivity index (χ2v) is 7.32. The smallest absolute Gasteiger partial charge is 0.321 e. The van der Waals surface area contributed by atoms with Gasteiger partial charge in [0.15, 0.2) is 6.61 Å². The van der Waals surface area contributed by atoms with Crippen LogP contribution in [-0.4, -0.2) is 53.3 Å². The summed E-state index contributed by atoms with van der Waals surface area (Å²) in [6.07, 6.45) is 0.130. The van der Waals surface area contributed by atoms with E-state index in [1.54, 1.807) is 45.0 Å². The van der Waals surface area contributed by atoms with Gasteiger partial charge in [0.1, 0.15) is 0 Å². The lowest BCUT2D eigenvalue weighted by molar-refractivity contribution is -0.148. The average molecular weight is 389 g/mol. The van der Waals surface area contributed by atoms with Crippen molar-refractivity contribution in [2.24, 2.45) is 0 Å². The van der Waals surface area contributed by atoms with E-state index < -0.39 is 41.9 Å². The zero-order valence-electron chi connectivity index (χ0n) is 16.0. The number of nitrogens with zero attached hydrogens (tertiary/aromatic N) is 1. The molecule has 0 unspecified atom stereocenters. The van der Waals surface area contributed by atoms with Crippen LogP contribution in [0.15, 0.2) is 24.3 Å².